The summed E-state index contributed by atoms with van der Waals surface area (Å²) in [5, 5.41) is 0. The molecule has 0 radical (unpaired) electrons. The van der Waals surface area contributed by atoms with Crippen molar-refractivity contribution in [1.82, 2.24) is 0 Å². The average molecular weight is 158 g/mol. The summed E-state index contributed by atoms with van der Waals surface area (Å²) in [5.74, 6) is 0.833. The summed E-state index contributed by atoms with van der Waals surface area (Å²) >= 11 is 0. The molecule has 1 rings (SSSR count). The molecule has 0 spiro atoms. The van der Waals surface area contributed by atoms with Gasteiger partial charge in [-0.1, -0.05) is 27.2 Å². The molecule has 0 unspecified atom stereocenters. The molecule has 2 nitrogen and oxygen atoms in total. The molecule has 1 aliphatic rings. The molecule has 0 aliphatic heterocycles. The standard InChI is InChI=1S/C7H12O2.C2H6/c1-3-5-4-6(5)7(8)9-2;1-2/h5-6H,3-4H2,1-2H3;1-2H3/t5-,6+;/m1./s1. The molecule has 2 heteroatoms. The van der Waals surface area contributed by atoms with E-state index in [0.29, 0.717) is 5.92 Å². The van der Waals surface area contributed by atoms with Crippen molar-refractivity contribution >= 4 is 5.97 Å². The molecule has 0 bridgehead atoms. The highest BCUT2D eigenvalue weighted by Gasteiger charge is 2.42. The minimum absolute atomic E-state index is 0.0261. The Morgan fingerprint density at radius 3 is 2.36 bits per heavy atom. The lowest BCUT2D eigenvalue weighted by atomic mass is 10.2. The zero-order valence-electron chi connectivity index (χ0n) is 7.89. The summed E-state index contributed by atoms with van der Waals surface area (Å²) in [6.45, 7) is 6.10. The lowest BCUT2D eigenvalue weighted by molar-refractivity contribution is -0.142. The fraction of sp³-hybridized carbons (Fsp3) is 0.889. The maximum atomic E-state index is 10.7. The molecular formula is C9H18O2. The van der Waals surface area contributed by atoms with E-state index in [4.69, 9.17) is 0 Å². The molecule has 0 amide bonds. The third-order valence-corrected chi connectivity index (χ3v) is 1.95. The van der Waals surface area contributed by atoms with E-state index in [-0.39, 0.29) is 11.9 Å². The van der Waals surface area contributed by atoms with Gasteiger partial charge in [-0.3, -0.25) is 4.79 Å². The lowest BCUT2D eigenvalue weighted by Crippen LogP contribution is -2.03. The molecule has 1 saturated carbocycles. The Balaban J connectivity index is 0.000000461. The highest BCUT2D eigenvalue weighted by molar-refractivity contribution is 5.75. The van der Waals surface area contributed by atoms with Crippen LogP contribution in [0.4, 0.5) is 0 Å². The Morgan fingerprint density at radius 2 is 2.09 bits per heavy atom. The van der Waals surface area contributed by atoms with Gasteiger partial charge in [-0.05, 0) is 12.3 Å². The normalized spacial score (nSPS) is 26.5. The van der Waals surface area contributed by atoms with E-state index in [0.717, 1.165) is 12.8 Å². The monoisotopic (exact) mass is 158 g/mol. The summed E-state index contributed by atoms with van der Waals surface area (Å²) in [5.41, 5.74) is 0. The topological polar surface area (TPSA) is 26.3 Å². The summed E-state index contributed by atoms with van der Waals surface area (Å²) in [6, 6.07) is 0. The van der Waals surface area contributed by atoms with E-state index in [2.05, 4.69) is 11.7 Å². The van der Waals surface area contributed by atoms with Gasteiger partial charge in [0.2, 0.25) is 0 Å². The minimum Gasteiger partial charge on any atom is -0.469 e. The van der Waals surface area contributed by atoms with Crippen LogP contribution in [0.5, 0.6) is 0 Å². The van der Waals surface area contributed by atoms with Gasteiger partial charge in [0.25, 0.3) is 0 Å². The highest BCUT2D eigenvalue weighted by Crippen LogP contribution is 2.41. The van der Waals surface area contributed by atoms with Crippen molar-refractivity contribution in [3.05, 3.63) is 0 Å². The Labute approximate surface area is 68.9 Å². The van der Waals surface area contributed by atoms with E-state index in [1.807, 2.05) is 13.8 Å². The van der Waals surface area contributed by atoms with Gasteiger partial charge in [0.15, 0.2) is 0 Å². The largest absolute Gasteiger partial charge is 0.469 e. The Bertz CT molecular complexity index is 121. The van der Waals surface area contributed by atoms with Crippen molar-refractivity contribution in [3.8, 4) is 0 Å². The first-order chi connectivity index (χ1) is 5.29. The van der Waals surface area contributed by atoms with Crippen LogP contribution in [-0.4, -0.2) is 13.1 Å². The van der Waals surface area contributed by atoms with Crippen LogP contribution < -0.4 is 0 Å². The van der Waals surface area contributed by atoms with Crippen LogP contribution in [0.25, 0.3) is 0 Å². The van der Waals surface area contributed by atoms with Crippen molar-refractivity contribution in [2.24, 2.45) is 11.8 Å². The third-order valence-electron chi connectivity index (χ3n) is 1.95. The molecule has 1 aliphatic carbocycles. The van der Waals surface area contributed by atoms with Crippen molar-refractivity contribution in [3.63, 3.8) is 0 Å². The molecule has 1 fully saturated rings. The molecule has 0 aromatic carbocycles. The molecule has 66 valence electrons. The Morgan fingerprint density at radius 1 is 1.55 bits per heavy atom. The van der Waals surface area contributed by atoms with Crippen LogP contribution >= 0.6 is 0 Å². The second-order valence-corrected chi connectivity index (χ2v) is 2.53. The first-order valence-corrected chi connectivity index (χ1v) is 4.37. The van der Waals surface area contributed by atoms with Gasteiger partial charge in [-0.25, -0.2) is 0 Å². The quantitative estimate of drug-likeness (QED) is 0.576. The maximum absolute atomic E-state index is 10.7. The van der Waals surface area contributed by atoms with Crippen LogP contribution in [0.15, 0.2) is 0 Å². The van der Waals surface area contributed by atoms with E-state index in [1.165, 1.54) is 7.11 Å². The van der Waals surface area contributed by atoms with Crippen molar-refractivity contribution in [2.45, 2.75) is 33.6 Å². The van der Waals surface area contributed by atoms with Gasteiger partial charge in [0.1, 0.15) is 0 Å². The van der Waals surface area contributed by atoms with Gasteiger partial charge < -0.3 is 4.74 Å². The van der Waals surface area contributed by atoms with E-state index in [1.54, 1.807) is 0 Å². The predicted octanol–water partition coefficient (Wildman–Crippen LogP) is 2.23. The fourth-order valence-electron chi connectivity index (χ4n) is 1.14. The Hall–Kier alpha value is -0.530. The van der Waals surface area contributed by atoms with Gasteiger partial charge in [0.05, 0.1) is 13.0 Å². The first kappa shape index (κ1) is 10.5. The number of esters is 1. The highest BCUT2D eigenvalue weighted by atomic mass is 16.5. The molecule has 2 atom stereocenters. The fourth-order valence-corrected chi connectivity index (χ4v) is 1.14. The first-order valence-electron chi connectivity index (χ1n) is 4.37. The van der Waals surface area contributed by atoms with Crippen molar-refractivity contribution < 1.29 is 9.53 Å². The van der Waals surface area contributed by atoms with Gasteiger partial charge in [-0.2, -0.15) is 0 Å². The molecule has 0 aromatic heterocycles. The molecule has 0 saturated heterocycles. The number of hydrogen-bond acceptors (Lipinski definition) is 2. The number of carbonyl (C=O) groups is 1. The zero-order chi connectivity index (χ0) is 8.85. The van der Waals surface area contributed by atoms with Crippen LogP contribution in [0.3, 0.4) is 0 Å². The van der Waals surface area contributed by atoms with Crippen LogP contribution in [0, 0.1) is 11.8 Å². The van der Waals surface area contributed by atoms with Gasteiger partial charge >= 0.3 is 5.97 Å². The molecule has 0 N–H and O–H groups in total. The second-order valence-electron chi connectivity index (χ2n) is 2.53. The number of carbonyl (C=O) groups excluding carboxylic acids is 1. The number of rotatable bonds is 2. The third kappa shape index (κ3) is 2.91. The molecule has 0 heterocycles. The summed E-state index contributed by atoms with van der Waals surface area (Å²) in [4.78, 5) is 10.7. The zero-order valence-corrected chi connectivity index (χ0v) is 7.89. The predicted molar refractivity (Wildman–Crippen MR) is 45.3 cm³/mol. The molecular weight excluding hydrogens is 140 g/mol. The van der Waals surface area contributed by atoms with Crippen molar-refractivity contribution in [2.75, 3.05) is 7.11 Å². The smallest absolute Gasteiger partial charge is 0.308 e. The van der Waals surface area contributed by atoms with E-state index < -0.39 is 0 Å². The Kier molecular flexibility index (Phi) is 4.92. The number of methoxy groups -OCH3 is 1. The van der Waals surface area contributed by atoms with E-state index >= 15 is 0 Å². The summed E-state index contributed by atoms with van der Waals surface area (Å²) in [7, 11) is 1.45. The second kappa shape index (κ2) is 5.16. The van der Waals surface area contributed by atoms with Gasteiger partial charge in [-0.15, -0.1) is 0 Å². The van der Waals surface area contributed by atoms with E-state index in [9.17, 15) is 4.79 Å². The summed E-state index contributed by atoms with van der Waals surface area (Å²) in [6.07, 6.45) is 2.16. The lowest BCUT2D eigenvalue weighted by Gasteiger charge is -1.93. The summed E-state index contributed by atoms with van der Waals surface area (Å²) < 4.78 is 4.57. The van der Waals surface area contributed by atoms with Gasteiger partial charge in [0, 0.05) is 0 Å². The van der Waals surface area contributed by atoms with Crippen molar-refractivity contribution in [1.29, 1.82) is 0 Å². The number of ether oxygens (including phenoxy) is 1. The maximum Gasteiger partial charge on any atom is 0.308 e. The minimum atomic E-state index is -0.0261. The average Bonchev–Trinajstić information content (AvgIpc) is 2.85. The van der Waals surface area contributed by atoms with Crippen LogP contribution in [0.1, 0.15) is 33.6 Å². The molecule has 0 aromatic rings. The number of hydrogen-bond donors (Lipinski definition) is 0. The van der Waals surface area contributed by atoms with Crippen LogP contribution in [0.2, 0.25) is 0 Å². The van der Waals surface area contributed by atoms with Crippen LogP contribution in [-0.2, 0) is 9.53 Å². The SMILES string of the molecule is CC.CC[C@@H]1C[C@@H]1C(=O)OC. The molecule has 11 heavy (non-hydrogen) atoms.